The number of aliphatic imine (C=N–C) groups is 1. The van der Waals surface area contributed by atoms with Crippen LogP contribution in [0.3, 0.4) is 0 Å². The van der Waals surface area contributed by atoms with Gasteiger partial charge in [-0.25, -0.2) is 0 Å². The summed E-state index contributed by atoms with van der Waals surface area (Å²) >= 11 is 0. The molecular formula is C6H13N3O. The lowest BCUT2D eigenvalue weighted by Crippen LogP contribution is -2.36. The molecular weight excluding hydrogens is 130 g/mol. The van der Waals surface area contributed by atoms with Crippen molar-refractivity contribution >= 4 is 5.96 Å². The molecule has 0 saturated heterocycles. The van der Waals surface area contributed by atoms with Crippen molar-refractivity contribution in [1.29, 1.82) is 0 Å². The highest BCUT2D eigenvalue weighted by atomic mass is 16.5. The Bertz CT molecular complexity index is 135. The Hall–Kier alpha value is -0.770. The molecule has 4 nitrogen and oxygen atoms in total. The minimum atomic E-state index is 0.650. The van der Waals surface area contributed by atoms with Crippen molar-refractivity contribution in [3.05, 3.63) is 0 Å². The van der Waals surface area contributed by atoms with Crippen molar-refractivity contribution in [2.24, 2.45) is 10.7 Å². The fourth-order valence-electron chi connectivity index (χ4n) is 0.928. The van der Waals surface area contributed by atoms with Crippen molar-refractivity contribution < 1.29 is 4.74 Å². The summed E-state index contributed by atoms with van der Waals surface area (Å²) in [6.07, 6.45) is 0. The van der Waals surface area contributed by atoms with Gasteiger partial charge in [0.1, 0.15) is 0 Å². The quantitative estimate of drug-likeness (QED) is 0.566. The summed E-state index contributed by atoms with van der Waals surface area (Å²) in [7, 11) is 1.68. The fraction of sp³-hybridized carbons (Fsp3) is 0.833. The lowest BCUT2D eigenvalue weighted by Gasteiger charge is -2.15. The number of guanidine groups is 1. The van der Waals surface area contributed by atoms with Crippen LogP contribution in [-0.4, -0.2) is 44.2 Å². The first-order valence-electron chi connectivity index (χ1n) is 3.38. The van der Waals surface area contributed by atoms with Crippen LogP contribution in [0.2, 0.25) is 0 Å². The van der Waals surface area contributed by atoms with Gasteiger partial charge in [-0.15, -0.1) is 0 Å². The van der Waals surface area contributed by atoms with Gasteiger partial charge in [0.15, 0.2) is 5.96 Å². The Morgan fingerprint density at radius 1 is 1.80 bits per heavy atom. The molecule has 0 aromatic carbocycles. The van der Waals surface area contributed by atoms with E-state index in [1.807, 2.05) is 4.90 Å². The van der Waals surface area contributed by atoms with Crippen molar-refractivity contribution in [2.45, 2.75) is 0 Å². The van der Waals surface area contributed by atoms with Crippen LogP contribution in [0, 0.1) is 0 Å². The van der Waals surface area contributed by atoms with Gasteiger partial charge in [-0.2, -0.15) is 0 Å². The molecule has 0 amide bonds. The highest BCUT2D eigenvalue weighted by Gasteiger charge is 2.11. The molecule has 0 radical (unpaired) electrons. The first-order chi connectivity index (χ1) is 4.84. The van der Waals surface area contributed by atoms with E-state index in [2.05, 4.69) is 4.99 Å². The van der Waals surface area contributed by atoms with Crippen LogP contribution in [0.1, 0.15) is 0 Å². The minimum Gasteiger partial charge on any atom is -0.383 e. The van der Waals surface area contributed by atoms with Gasteiger partial charge in [-0.3, -0.25) is 4.99 Å². The van der Waals surface area contributed by atoms with Gasteiger partial charge in [-0.05, 0) is 0 Å². The summed E-state index contributed by atoms with van der Waals surface area (Å²) in [5, 5.41) is 0. The first-order valence-corrected chi connectivity index (χ1v) is 3.38. The predicted molar refractivity (Wildman–Crippen MR) is 39.9 cm³/mol. The van der Waals surface area contributed by atoms with E-state index in [-0.39, 0.29) is 0 Å². The van der Waals surface area contributed by atoms with Crippen molar-refractivity contribution in [2.75, 3.05) is 33.4 Å². The van der Waals surface area contributed by atoms with Crippen LogP contribution >= 0.6 is 0 Å². The summed E-state index contributed by atoms with van der Waals surface area (Å²) in [6.45, 7) is 3.34. The van der Waals surface area contributed by atoms with Gasteiger partial charge in [0.05, 0.1) is 13.2 Å². The van der Waals surface area contributed by atoms with E-state index in [0.29, 0.717) is 5.96 Å². The standard InChI is InChI=1S/C6H13N3O/c1-10-5-4-9-3-2-8-6(9)7/h2-5H2,1H3,(H2,7,8). The summed E-state index contributed by atoms with van der Waals surface area (Å²) in [5.74, 6) is 0.650. The molecule has 0 bridgehead atoms. The van der Waals surface area contributed by atoms with Crippen LogP contribution in [0.25, 0.3) is 0 Å². The fourth-order valence-corrected chi connectivity index (χ4v) is 0.928. The van der Waals surface area contributed by atoms with E-state index in [9.17, 15) is 0 Å². The molecule has 1 aliphatic rings. The zero-order valence-electron chi connectivity index (χ0n) is 6.21. The molecule has 1 rings (SSSR count). The maximum atomic E-state index is 5.54. The zero-order chi connectivity index (χ0) is 7.40. The second-order valence-corrected chi connectivity index (χ2v) is 2.22. The Labute approximate surface area is 60.7 Å². The van der Waals surface area contributed by atoms with Crippen LogP contribution in [0.15, 0.2) is 4.99 Å². The molecule has 0 aromatic heterocycles. The lowest BCUT2D eigenvalue weighted by atomic mass is 10.5. The van der Waals surface area contributed by atoms with Crippen LogP contribution < -0.4 is 5.73 Å². The number of ether oxygens (including phenoxy) is 1. The molecule has 1 aliphatic heterocycles. The maximum Gasteiger partial charge on any atom is 0.191 e. The third-order valence-electron chi connectivity index (χ3n) is 1.53. The molecule has 0 saturated carbocycles. The number of methoxy groups -OCH3 is 1. The molecule has 1 heterocycles. The zero-order valence-corrected chi connectivity index (χ0v) is 6.21. The summed E-state index contributed by atoms with van der Waals surface area (Å²) in [6, 6.07) is 0. The molecule has 0 aromatic rings. The Morgan fingerprint density at radius 2 is 2.60 bits per heavy atom. The predicted octanol–water partition coefficient (Wildman–Crippen LogP) is -0.737. The van der Waals surface area contributed by atoms with Gasteiger partial charge in [-0.1, -0.05) is 0 Å². The van der Waals surface area contributed by atoms with Gasteiger partial charge >= 0.3 is 0 Å². The van der Waals surface area contributed by atoms with Crippen molar-refractivity contribution in [3.63, 3.8) is 0 Å². The van der Waals surface area contributed by atoms with E-state index >= 15 is 0 Å². The second-order valence-electron chi connectivity index (χ2n) is 2.22. The largest absolute Gasteiger partial charge is 0.383 e. The molecule has 0 fully saturated rings. The molecule has 2 N–H and O–H groups in total. The van der Waals surface area contributed by atoms with Crippen LogP contribution in [0.5, 0.6) is 0 Å². The minimum absolute atomic E-state index is 0.650. The van der Waals surface area contributed by atoms with Crippen molar-refractivity contribution in [3.8, 4) is 0 Å². The number of hydrogen-bond acceptors (Lipinski definition) is 4. The Balaban J connectivity index is 2.22. The maximum absolute atomic E-state index is 5.54. The lowest BCUT2D eigenvalue weighted by molar-refractivity contribution is 0.179. The number of rotatable bonds is 3. The second kappa shape index (κ2) is 3.41. The van der Waals surface area contributed by atoms with E-state index in [1.165, 1.54) is 0 Å². The summed E-state index contributed by atoms with van der Waals surface area (Å²) < 4.78 is 4.90. The first kappa shape index (κ1) is 7.34. The van der Waals surface area contributed by atoms with Gasteiger partial charge in [0.2, 0.25) is 0 Å². The molecule has 0 atom stereocenters. The summed E-state index contributed by atoms with van der Waals surface area (Å²) in [5.41, 5.74) is 5.54. The van der Waals surface area contributed by atoms with E-state index < -0.39 is 0 Å². The topological polar surface area (TPSA) is 50.8 Å². The highest BCUT2D eigenvalue weighted by Crippen LogP contribution is 1.95. The molecule has 0 aliphatic carbocycles. The van der Waals surface area contributed by atoms with Gasteiger partial charge in [0, 0.05) is 20.2 Å². The monoisotopic (exact) mass is 143 g/mol. The summed E-state index contributed by atoms with van der Waals surface area (Å²) in [4.78, 5) is 6.05. The van der Waals surface area contributed by atoms with E-state index in [1.54, 1.807) is 7.11 Å². The van der Waals surface area contributed by atoms with Crippen LogP contribution in [0.4, 0.5) is 0 Å². The normalized spacial score (nSPS) is 17.7. The molecule has 0 spiro atoms. The molecule has 0 unspecified atom stereocenters. The third kappa shape index (κ3) is 1.60. The average Bonchev–Trinajstić information content (AvgIpc) is 2.31. The smallest absolute Gasteiger partial charge is 0.191 e. The highest BCUT2D eigenvalue weighted by molar-refractivity contribution is 5.79. The third-order valence-corrected chi connectivity index (χ3v) is 1.53. The Morgan fingerprint density at radius 3 is 3.10 bits per heavy atom. The number of hydrogen-bond donors (Lipinski definition) is 1. The SMILES string of the molecule is COCCN1CCN=C1N. The average molecular weight is 143 g/mol. The van der Waals surface area contributed by atoms with Crippen molar-refractivity contribution in [1.82, 2.24) is 4.90 Å². The van der Waals surface area contributed by atoms with E-state index in [4.69, 9.17) is 10.5 Å². The number of nitrogens with zero attached hydrogens (tertiary/aromatic N) is 2. The Kier molecular flexibility index (Phi) is 2.50. The van der Waals surface area contributed by atoms with E-state index in [0.717, 1.165) is 26.2 Å². The molecule has 10 heavy (non-hydrogen) atoms. The van der Waals surface area contributed by atoms with Crippen LogP contribution in [-0.2, 0) is 4.74 Å². The van der Waals surface area contributed by atoms with Gasteiger partial charge < -0.3 is 15.4 Å². The van der Waals surface area contributed by atoms with Gasteiger partial charge in [0.25, 0.3) is 0 Å². The number of nitrogens with two attached hydrogens (primary N) is 1. The molecule has 58 valence electrons. The molecule has 4 heteroatoms.